The van der Waals surface area contributed by atoms with E-state index in [9.17, 15) is 22.8 Å². The van der Waals surface area contributed by atoms with E-state index in [1.54, 1.807) is 24.3 Å². The predicted molar refractivity (Wildman–Crippen MR) is 128 cm³/mol. The number of rotatable bonds is 9. The fraction of sp³-hybridized carbons (Fsp3) is 0.182. The van der Waals surface area contributed by atoms with E-state index in [-0.39, 0.29) is 16.6 Å². The summed E-state index contributed by atoms with van der Waals surface area (Å²) in [6, 6.07) is 9.55. The van der Waals surface area contributed by atoms with Gasteiger partial charge in [-0.2, -0.15) is 13.2 Å². The smallest absolute Gasteiger partial charge is 0.416 e. The van der Waals surface area contributed by atoms with Crippen molar-refractivity contribution in [2.24, 2.45) is 0 Å². The Morgan fingerprint density at radius 2 is 1.83 bits per heavy atom. The second kappa shape index (κ2) is 11.7. The zero-order chi connectivity index (χ0) is 25.4. The summed E-state index contributed by atoms with van der Waals surface area (Å²) in [5.74, 6) is 0.0510. The summed E-state index contributed by atoms with van der Waals surface area (Å²) < 4.78 is 49.2. The minimum absolute atomic E-state index is 0.0388. The molecule has 0 saturated carbocycles. The summed E-state index contributed by atoms with van der Waals surface area (Å²) in [5, 5.41) is 13.0. The Balaban J connectivity index is 1.50. The molecule has 0 saturated heterocycles. The number of carbonyl (C=O) groups excluding carboxylic acids is 2. The highest BCUT2D eigenvalue weighted by Gasteiger charge is 2.30. The Morgan fingerprint density at radius 3 is 2.54 bits per heavy atom. The van der Waals surface area contributed by atoms with Gasteiger partial charge in [0, 0.05) is 11.8 Å². The molecule has 184 valence electrons. The molecule has 8 nitrogen and oxygen atoms in total. The van der Waals surface area contributed by atoms with Gasteiger partial charge >= 0.3 is 6.18 Å². The number of halogens is 3. The van der Waals surface area contributed by atoms with Crippen molar-refractivity contribution in [1.82, 2.24) is 10.2 Å². The molecule has 2 N–H and O–H groups in total. The van der Waals surface area contributed by atoms with Crippen LogP contribution < -0.4 is 20.1 Å². The molecule has 35 heavy (non-hydrogen) atoms. The number of hydrogen-bond acceptors (Lipinski definition) is 8. The topological polar surface area (TPSA) is 102 Å². The quantitative estimate of drug-likeness (QED) is 0.232. The Labute approximate surface area is 206 Å². The standard InChI is InChI=1S/C22H19F3N4O4S2/c1-32-16-8-6-13(10-17(16)33-2)7-9-18(30)27-20-28-29-21(35-20)34-12-19(31)26-15-5-3-4-14(11-15)22(23,24)25/h3-11H,12H2,1-2H3,(H,26,31)(H,27,28,30)/b9-7+. The highest BCUT2D eigenvalue weighted by atomic mass is 32.2. The Hall–Kier alpha value is -3.58. The highest BCUT2D eigenvalue weighted by molar-refractivity contribution is 8.01. The number of nitrogens with one attached hydrogen (secondary N) is 2. The molecule has 0 aliphatic carbocycles. The first-order valence-corrected chi connectivity index (χ1v) is 11.6. The fourth-order valence-corrected chi connectivity index (χ4v) is 4.25. The van der Waals surface area contributed by atoms with Crippen LogP contribution in [-0.4, -0.2) is 42.0 Å². The number of carbonyl (C=O) groups is 2. The number of aromatic nitrogens is 2. The molecule has 0 bridgehead atoms. The normalized spacial score (nSPS) is 11.3. The maximum Gasteiger partial charge on any atom is 0.416 e. The van der Waals surface area contributed by atoms with Gasteiger partial charge in [0.15, 0.2) is 15.8 Å². The summed E-state index contributed by atoms with van der Waals surface area (Å²) >= 11 is 2.10. The monoisotopic (exact) mass is 524 g/mol. The Kier molecular flexibility index (Phi) is 8.71. The minimum Gasteiger partial charge on any atom is -0.493 e. The molecule has 0 radical (unpaired) electrons. The van der Waals surface area contributed by atoms with Crippen molar-refractivity contribution in [3.8, 4) is 11.5 Å². The molecule has 0 atom stereocenters. The van der Waals surface area contributed by atoms with Gasteiger partial charge < -0.3 is 14.8 Å². The number of methoxy groups -OCH3 is 2. The Morgan fingerprint density at radius 1 is 1.06 bits per heavy atom. The maximum atomic E-state index is 12.8. The van der Waals surface area contributed by atoms with Crippen molar-refractivity contribution < 1.29 is 32.2 Å². The molecule has 0 aliphatic rings. The van der Waals surface area contributed by atoms with Crippen LogP contribution in [0, 0.1) is 0 Å². The van der Waals surface area contributed by atoms with Crippen LogP contribution in [0.25, 0.3) is 6.08 Å². The van der Waals surface area contributed by atoms with E-state index < -0.39 is 23.6 Å². The van der Waals surface area contributed by atoms with E-state index in [4.69, 9.17) is 9.47 Å². The number of hydrogen-bond donors (Lipinski definition) is 2. The molecule has 0 fully saturated rings. The van der Waals surface area contributed by atoms with Crippen LogP contribution in [0.1, 0.15) is 11.1 Å². The molecule has 1 aromatic heterocycles. The third kappa shape index (κ3) is 7.72. The molecule has 3 aromatic rings. The summed E-state index contributed by atoms with van der Waals surface area (Å²) in [6.07, 6.45) is -1.59. The second-order valence-electron chi connectivity index (χ2n) is 6.73. The number of amides is 2. The van der Waals surface area contributed by atoms with Crippen molar-refractivity contribution in [3.63, 3.8) is 0 Å². The first-order chi connectivity index (χ1) is 16.7. The summed E-state index contributed by atoms with van der Waals surface area (Å²) in [4.78, 5) is 24.3. The van der Waals surface area contributed by atoms with Gasteiger partial charge in [-0.15, -0.1) is 10.2 Å². The van der Waals surface area contributed by atoms with Crippen LogP contribution in [-0.2, 0) is 15.8 Å². The average molecular weight is 525 g/mol. The lowest BCUT2D eigenvalue weighted by atomic mass is 10.2. The first-order valence-electron chi connectivity index (χ1n) is 9.82. The van der Waals surface area contributed by atoms with Gasteiger partial charge in [-0.1, -0.05) is 35.2 Å². The van der Waals surface area contributed by atoms with Crippen LogP contribution >= 0.6 is 23.1 Å². The van der Waals surface area contributed by atoms with Crippen molar-refractivity contribution in [2.75, 3.05) is 30.6 Å². The maximum absolute atomic E-state index is 12.8. The van der Waals surface area contributed by atoms with Gasteiger partial charge in [0.2, 0.25) is 16.9 Å². The number of alkyl halides is 3. The van der Waals surface area contributed by atoms with Gasteiger partial charge in [-0.3, -0.25) is 14.9 Å². The third-order valence-corrected chi connectivity index (χ3v) is 6.24. The number of thioether (sulfide) groups is 1. The largest absolute Gasteiger partial charge is 0.493 e. The lowest BCUT2D eigenvalue weighted by Gasteiger charge is -2.09. The molecule has 0 unspecified atom stereocenters. The average Bonchev–Trinajstić information content (AvgIpc) is 3.28. The zero-order valence-electron chi connectivity index (χ0n) is 18.4. The van der Waals surface area contributed by atoms with Gasteiger partial charge in [0.05, 0.1) is 25.5 Å². The SMILES string of the molecule is COc1ccc(/C=C/C(=O)Nc2nnc(SCC(=O)Nc3cccc(C(F)(F)F)c3)s2)cc1OC. The first kappa shape index (κ1) is 26.0. The summed E-state index contributed by atoms with van der Waals surface area (Å²) in [6.45, 7) is 0. The number of benzene rings is 2. The van der Waals surface area contributed by atoms with E-state index in [1.807, 2.05) is 0 Å². The zero-order valence-corrected chi connectivity index (χ0v) is 20.0. The van der Waals surface area contributed by atoms with Crippen LogP contribution in [0.5, 0.6) is 11.5 Å². The Bertz CT molecular complexity index is 1230. The second-order valence-corrected chi connectivity index (χ2v) is 8.93. The van der Waals surface area contributed by atoms with Crippen LogP contribution in [0.2, 0.25) is 0 Å². The lowest BCUT2D eigenvalue weighted by molar-refractivity contribution is -0.137. The van der Waals surface area contributed by atoms with Gasteiger partial charge in [0.25, 0.3) is 0 Å². The van der Waals surface area contributed by atoms with Gasteiger partial charge in [0.1, 0.15) is 0 Å². The summed E-state index contributed by atoms with van der Waals surface area (Å²) in [7, 11) is 3.04. The van der Waals surface area contributed by atoms with E-state index in [0.29, 0.717) is 15.8 Å². The van der Waals surface area contributed by atoms with Crippen molar-refractivity contribution in [1.29, 1.82) is 0 Å². The third-order valence-electron chi connectivity index (χ3n) is 4.27. The van der Waals surface area contributed by atoms with Crippen LogP contribution in [0.4, 0.5) is 24.0 Å². The van der Waals surface area contributed by atoms with Crippen molar-refractivity contribution in [2.45, 2.75) is 10.5 Å². The number of nitrogens with zero attached hydrogens (tertiary/aromatic N) is 2. The highest BCUT2D eigenvalue weighted by Crippen LogP contribution is 2.31. The van der Waals surface area contributed by atoms with E-state index >= 15 is 0 Å². The van der Waals surface area contributed by atoms with Crippen LogP contribution in [0.15, 0.2) is 52.9 Å². The van der Waals surface area contributed by atoms with E-state index in [2.05, 4.69) is 20.8 Å². The molecular formula is C22H19F3N4O4S2. The van der Waals surface area contributed by atoms with Gasteiger partial charge in [-0.05, 0) is 42.0 Å². The van der Waals surface area contributed by atoms with Gasteiger partial charge in [-0.25, -0.2) is 0 Å². The molecule has 1 heterocycles. The van der Waals surface area contributed by atoms with Crippen molar-refractivity contribution >= 4 is 51.8 Å². The molecule has 3 rings (SSSR count). The molecule has 13 heteroatoms. The summed E-state index contributed by atoms with van der Waals surface area (Å²) in [5.41, 5.74) is -0.0948. The molecule has 0 spiro atoms. The van der Waals surface area contributed by atoms with E-state index in [1.165, 1.54) is 32.4 Å². The minimum atomic E-state index is -4.50. The predicted octanol–water partition coefficient (Wildman–Crippen LogP) is 4.96. The molecule has 2 aromatic carbocycles. The molecular weight excluding hydrogens is 505 g/mol. The van der Waals surface area contributed by atoms with E-state index in [0.717, 1.165) is 40.8 Å². The molecule has 0 aliphatic heterocycles. The number of anilines is 2. The fourth-order valence-electron chi connectivity index (χ4n) is 2.69. The van der Waals surface area contributed by atoms with Crippen LogP contribution in [0.3, 0.4) is 0 Å². The lowest BCUT2D eigenvalue weighted by Crippen LogP contribution is -2.15. The van der Waals surface area contributed by atoms with Crippen molar-refractivity contribution in [3.05, 3.63) is 59.7 Å². The number of ether oxygens (including phenoxy) is 2. The molecule has 2 amide bonds.